The van der Waals surface area contributed by atoms with Crippen LogP contribution in [0.25, 0.3) is 0 Å². The summed E-state index contributed by atoms with van der Waals surface area (Å²) in [5.74, 6) is -0.597. The summed E-state index contributed by atoms with van der Waals surface area (Å²) in [7, 11) is 0. The second kappa shape index (κ2) is 7.41. The predicted molar refractivity (Wildman–Crippen MR) is 102 cm³/mol. The molecule has 0 bridgehead atoms. The van der Waals surface area contributed by atoms with Crippen LogP contribution >= 0.6 is 0 Å². The van der Waals surface area contributed by atoms with Crippen molar-refractivity contribution in [1.29, 1.82) is 5.26 Å². The number of amides is 1. The third-order valence-corrected chi connectivity index (χ3v) is 4.63. The molecule has 0 spiro atoms. The van der Waals surface area contributed by atoms with Crippen LogP contribution in [0.15, 0.2) is 84.4 Å². The minimum absolute atomic E-state index is 0.232. The number of benzene rings is 2. The van der Waals surface area contributed by atoms with Gasteiger partial charge >= 0.3 is 0 Å². The molecular formula is C22H17FN4O. The van der Waals surface area contributed by atoms with Crippen LogP contribution in [0.3, 0.4) is 0 Å². The molecule has 138 valence electrons. The van der Waals surface area contributed by atoms with Crippen molar-refractivity contribution < 1.29 is 9.18 Å². The molecule has 2 aromatic carbocycles. The standard InChI is InChI=1S/C22H17FN4O/c23-18-5-3-4-16(12-18)14-25-22(28)20-19-6-1-2-11-27(19)21(26-20)17-9-7-15(13-24)8-10-17/h1-12,21,26H,14H2,(H,25,28). The van der Waals surface area contributed by atoms with Gasteiger partial charge in [0.05, 0.1) is 17.3 Å². The molecule has 28 heavy (non-hydrogen) atoms. The van der Waals surface area contributed by atoms with Crippen LogP contribution in [-0.4, -0.2) is 10.8 Å². The predicted octanol–water partition coefficient (Wildman–Crippen LogP) is 3.21. The van der Waals surface area contributed by atoms with E-state index in [1.54, 1.807) is 24.3 Å². The number of nitrogens with zero attached hydrogens (tertiary/aromatic N) is 2. The molecule has 2 aromatic rings. The van der Waals surface area contributed by atoms with Gasteiger partial charge < -0.3 is 15.5 Å². The van der Waals surface area contributed by atoms with Gasteiger partial charge in [0.1, 0.15) is 17.7 Å². The second-order valence-electron chi connectivity index (χ2n) is 6.46. The molecule has 2 N–H and O–H groups in total. The summed E-state index contributed by atoms with van der Waals surface area (Å²) < 4.78 is 13.3. The molecule has 0 radical (unpaired) electrons. The lowest BCUT2D eigenvalue weighted by Crippen LogP contribution is -2.31. The average molecular weight is 372 g/mol. The zero-order chi connectivity index (χ0) is 19.5. The fourth-order valence-electron chi connectivity index (χ4n) is 3.26. The highest BCUT2D eigenvalue weighted by molar-refractivity contribution is 5.94. The van der Waals surface area contributed by atoms with Gasteiger partial charge in [-0.15, -0.1) is 0 Å². The number of nitriles is 1. The van der Waals surface area contributed by atoms with Gasteiger partial charge in [-0.05, 0) is 47.5 Å². The largest absolute Gasteiger partial charge is 0.355 e. The van der Waals surface area contributed by atoms with Gasteiger partial charge in [-0.25, -0.2) is 4.39 Å². The van der Waals surface area contributed by atoms with E-state index in [1.807, 2.05) is 41.5 Å². The van der Waals surface area contributed by atoms with Gasteiger partial charge in [-0.2, -0.15) is 5.26 Å². The van der Waals surface area contributed by atoms with Crippen molar-refractivity contribution in [2.24, 2.45) is 0 Å². The monoisotopic (exact) mass is 372 g/mol. The molecule has 2 aliphatic heterocycles. The van der Waals surface area contributed by atoms with Gasteiger partial charge in [-0.3, -0.25) is 4.79 Å². The van der Waals surface area contributed by atoms with E-state index in [0.29, 0.717) is 16.8 Å². The van der Waals surface area contributed by atoms with Crippen molar-refractivity contribution in [3.05, 3.63) is 107 Å². The Hall–Kier alpha value is -3.85. The number of nitrogens with one attached hydrogen (secondary N) is 2. The smallest absolute Gasteiger partial charge is 0.269 e. The van der Waals surface area contributed by atoms with E-state index in [-0.39, 0.29) is 24.4 Å². The maximum atomic E-state index is 13.3. The van der Waals surface area contributed by atoms with E-state index in [9.17, 15) is 9.18 Å². The fourth-order valence-corrected chi connectivity index (χ4v) is 3.26. The van der Waals surface area contributed by atoms with Crippen LogP contribution in [0.1, 0.15) is 22.9 Å². The molecule has 1 amide bonds. The number of halogens is 1. The van der Waals surface area contributed by atoms with Crippen LogP contribution in [-0.2, 0) is 11.3 Å². The summed E-state index contributed by atoms with van der Waals surface area (Å²) in [4.78, 5) is 14.8. The Morgan fingerprint density at radius 2 is 2.04 bits per heavy atom. The zero-order valence-corrected chi connectivity index (χ0v) is 14.9. The van der Waals surface area contributed by atoms with Crippen molar-refractivity contribution in [2.75, 3.05) is 0 Å². The van der Waals surface area contributed by atoms with Crippen LogP contribution in [0.4, 0.5) is 4.39 Å². The lowest BCUT2D eigenvalue weighted by atomic mass is 10.1. The second-order valence-corrected chi connectivity index (χ2v) is 6.46. The van der Waals surface area contributed by atoms with Crippen LogP contribution in [0, 0.1) is 17.1 Å². The fraction of sp³-hybridized carbons (Fsp3) is 0.0909. The van der Waals surface area contributed by atoms with Gasteiger partial charge in [0.15, 0.2) is 0 Å². The highest BCUT2D eigenvalue weighted by atomic mass is 19.1. The molecule has 2 heterocycles. The Morgan fingerprint density at radius 1 is 1.21 bits per heavy atom. The molecule has 1 atom stereocenters. The van der Waals surface area contributed by atoms with Crippen LogP contribution in [0.2, 0.25) is 0 Å². The van der Waals surface area contributed by atoms with Gasteiger partial charge in [0, 0.05) is 12.7 Å². The topological polar surface area (TPSA) is 68.2 Å². The Kier molecular flexibility index (Phi) is 4.65. The summed E-state index contributed by atoms with van der Waals surface area (Å²) >= 11 is 0. The molecule has 1 unspecified atom stereocenters. The lowest BCUT2D eigenvalue weighted by molar-refractivity contribution is -0.118. The normalized spacial score (nSPS) is 17.1. The molecule has 2 aliphatic rings. The van der Waals surface area contributed by atoms with E-state index in [2.05, 4.69) is 16.7 Å². The first-order valence-corrected chi connectivity index (χ1v) is 8.82. The maximum Gasteiger partial charge on any atom is 0.269 e. The molecule has 0 aromatic heterocycles. The summed E-state index contributed by atoms with van der Waals surface area (Å²) in [6.45, 7) is 0.232. The van der Waals surface area contributed by atoms with Gasteiger partial charge in [-0.1, -0.05) is 30.3 Å². The molecule has 0 fully saturated rings. The van der Waals surface area contributed by atoms with Crippen LogP contribution < -0.4 is 10.6 Å². The number of carbonyl (C=O) groups is 1. The third kappa shape index (κ3) is 3.38. The molecule has 0 aliphatic carbocycles. The Bertz CT molecular complexity index is 1050. The molecular weight excluding hydrogens is 355 g/mol. The first kappa shape index (κ1) is 17.6. The number of fused-ring (bicyclic) bond motifs is 1. The molecule has 0 saturated heterocycles. The van der Waals surface area contributed by atoms with Crippen LogP contribution in [0.5, 0.6) is 0 Å². The number of hydrogen-bond acceptors (Lipinski definition) is 4. The summed E-state index contributed by atoms with van der Waals surface area (Å²) in [5.41, 5.74) is 3.41. The SMILES string of the molecule is N#Cc1ccc(C2NC(C(=O)NCc3cccc(F)c3)=C3C=CC=CN32)cc1. The van der Waals surface area contributed by atoms with E-state index in [1.165, 1.54) is 12.1 Å². The maximum absolute atomic E-state index is 13.3. The van der Waals surface area contributed by atoms with Gasteiger partial charge in [0.25, 0.3) is 5.91 Å². The number of carbonyl (C=O) groups excluding carboxylic acids is 1. The Labute approximate surface area is 162 Å². The Balaban J connectivity index is 1.54. The third-order valence-electron chi connectivity index (χ3n) is 4.63. The van der Waals surface area contributed by atoms with E-state index >= 15 is 0 Å². The molecule has 5 nitrogen and oxygen atoms in total. The summed E-state index contributed by atoms with van der Waals surface area (Å²) in [6.07, 6.45) is 7.29. The highest BCUT2D eigenvalue weighted by Gasteiger charge is 2.33. The minimum atomic E-state index is -0.333. The molecule has 0 saturated carbocycles. The van der Waals surface area contributed by atoms with E-state index in [4.69, 9.17) is 5.26 Å². The molecule has 4 rings (SSSR count). The summed E-state index contributed by atoms with van der Waals surface area (Å²) in [5, 5.41) is 15.1. The van der Waals surface area contributed by atoms with E-state index < -0.39 is 0 Å². The molecule has 6 heteroatoms. The quantitative estimate of drug-likeness (QED) is 0.865. The zero-order valence-electron chi connectivity index (χ0n) is 14.9. The highest BCUT2D eigenvalue weighted by Crippen LogP contribution is 2.33. The first-order valence-electron chi connectivity index (χ1n) is 8.82. The minimum Gasteiger partial charge on any atom is -0.355 e. The summed E-state index contributed by atoms with van der Waals surface area (Å²) in [6, 6.07) is 15.5. The first-order chi connectivity index (χ1) is 13.7. The Morgan fingerprint density at radius 3 is 2.79 bits per heavy atom. The lowest BCUT2D eigenvalue weighted by Gasteiger charge is -2.26. The van der Waals surface area contributed by atoms with Crippen molar-refractivity contribution in [3.63, 3.8) is 0 Å². The number of rotatable bonds is 4. The van der Waals surface area contributed by atoms with Crippen molar-refractivity contribution in [2.45, 2.75) is 12.7 Å². The van der Waals surface area contributed by atoms with E-state index in [0.717, 1.165) is 11.3 Å². The van der Waals surface area contributed by atoms with Crippen molar-refractivity contribution in [1.82, 2.24) is 15.5 Å². The number of allylic oxidation sites excluding steroid dienone is 3. The van der Waals surface area contributed by atoms with Crippen molar-refractivity contribution in [3.8, 4) is 6.07 Å². The van der Waals surface area contributed by atoms with Gasteiger partial charge in [0.2, 0.25) is 0 Å². The van der Waals surface area contributed by atoms with Crippen molar-refractivity contribution >= 4 is 5.91 Å². The number of hydrogen-bond donors (Lipinski definition) is 2. The average Bonchev–Trinajstić information content (AvgIpc) is 3.12.